The van der Waals surface area contributed by atoms with Gasteiger partial charge < -0.3 is 15.0 Å². The van der Waals surface area contributed by atoms with Gasteiger partial charge in [0.2, 0.25) is 11.7 Å². The molecule has 0 aliphatic rings. The first kappa shape index (κ1) is 14.1. The lowest BCUT2D eigenvalue weighted by Gasteiger charge is -2.03. The molecule has 0 amide bonds. The van der Waals surface area contributed by atoms with Crippen LogP contribution in [0.1, 0.15) is 17.5 Å². The second kappa shape index (κ2) is 5.76. The number of hydrogen-bond donors (Lipinski definition) is 1. The van der Waals surface area contributed by atoms with E-state index in [9.17, 15) is 10.1 Å². The summed E-state index contributed by atoms with van der Waals surface area (Å²) < 4.78 is 9.96. The molecule has 0 aliphatic carbocycles. The van der Waals surface area contributed by atoms with Crippen LogP contribution in [-0.2, 0) is 4.74 Å². The molecule has 1 atom stereocenters. The summed E-state index contributed by atoms with van der Waals surface area (Å²) in [6.07, 6.45) is 0. The van der Waals surface area contributed by atoms with Crippen LogP contribution in [0.3, 0.4) is 0 Å². The van der Waals surface area contributed by atoms with Gasteiger partial charge in [-0.05, 0) is 12.5 Å². The van der Waals surface area contributed by atoms with E-state index in [1.165, 1.54) is 19.2 Å². The van der Waals surface area contributed by atoms with Crippen molar-refractivity contribution in [3.8, 4) is 11.4 Å². The number of non-ortho nitro benzene ring substituents is 1. The Morgan fingerprint density at radius 2 is 2.30 bits per heavy atom. The van der Waals surface area contributed by atoms with Gasteiger partial charge in [-0.3, -0.25) is 10.1 Å². The lowest BCUT2D eigenvalue weighted by atomic mass is 10.1. The summed E-state index contributed by atoms with van der Waals surface area (Å²) in [4.78, 5) is 14.5. The Labute approximate surface area is 114 Å². The van der Waals surface area contributed by atoms with Crippen LogP contribution in [0.2, 0.25) is 0 Å². The van der Waals surface area contributed by atoms with Gasteiger partial charge in [0.15, 0.2) is 0 Å². The first-order valence-corrected chi connectivity index (χ1v) is 5.86. The van der Waals surface area contributed by atoms with Crippen molar-refractivity contribution in [3.63, 3.8) is 0 Å². The highest BCUT2D eigenvalue weighted by atomic mass is 16.6. The van der Waals surface area contributed by atoms with E-state index in [0.29, 0.717) is 5.56 Å². The highest BCUT2D eigenvalue weighted by Gasteiger charge is 2.18. The van der Waals surface area contributed by atoms with Gasteiger partial charge in [-0.25, -0.2) is 0 Å². The van der Waals surface area contributed by atoms with Crippen molar-refractivity contribution >= 4 is 5.69 Å². The molecule has 106 valence electrons. The highest BCUT2D eigenvalue weighted by molar-refractivity contribution is 5.63. The Morgan fingerprint density at radius 1 is 1.55 bits per heavy atom. The van der Waals surface area contributed by atoms with Gasteiger partial charge in [0.05, 0.1) is 11.5 Å². The molecular weight excluding hydrogens is 264 g/mol. The van der Waals surface area contributed by atoms with Crippen LogP contribution in [0.4, 0.5) is 5.69 Å². The molecule has 1 aromatic heterocycles. The zero-order valence-electron chi connectivity index (χ0n) is 11.1. The molecule has 2 N–H and O–H groups in total. The van der Waals surface area contributed by atoms with Gasteiger partial charge in [0, 0.05) is 24.8 Å². The maximum atomic E-state index is 10.8. The largest absolute Gasteiger partial charge is 0.383 e. The van der Waals surface area contributed by atoms with Crippen molar-refractivity contribution in [2.45, 2.75) is 13.0 Å². The molecule has 0 saturated heterocycles. The summed E-state index contributed by atoms with van der Waals surface area (Å²) in [5.74, 6) is 0.500. The maximum Gasteiger partial charge on any atom is 0.270 e. The second-order valence-electron chi connectivity index (χ2n) is 4.27. The monoisotopic (exact) mass is 278 g/mol. The number of nitrogens with zero attached hydrogens (tertiary/aromatic N) is 3. The summed E-state index contributed by atoms with van der Waals surface area (Å²) in [6, 6.07) is 3.95. The number of aryl methyl sites for hydroxylation is 1. The van der Waals surface area contributed by atoms with Crippen molar-refractivity contribution in [2.75, 3.05) is 13.7 Å². The molecule has 0 spiro atoms. The fraction of sp³-hybridized carbons (Fsp3) is 0.333. The summed E-state index contributed by atoms with van der Waals surface area (Å²) in [6.45, 7) is 2.06. The number of ether oxygens (including phenoxy) is 1. The molecule has 2 aromatic rings. The Bertz CT molecular complexity index is 626. The Kier molecular flexibility index (Phi) is 4.06. The van der Waals surface area contributed by atoms with E-state index >= 15 is 0 Å². The SMILES string of the molecule is COCC(N)c1nc(-c2cc([N+](=O)[O-])ccc2C)no1. The van der Waals surface area contributed by atoms with E-state index in [0.717, 1.165) is 5.56 Å². The first-order valence-electron chi connectivity index (χ1n) is 5.86. The predicted molar refractivity (Wildman–Crippen MR) is 69.9 cm³/mol. The third-order valence-electron chi connectivity index (χ3n) is 2.78. The quantitative estimate of drug-likeness (QED) is 0.651. The van der Waals surface area contributed by atoms with Crippen LogP contribution in [0, 0.1) is 17.0 Å². The Balaban J connectivity index is 2.36. The number of benzene rings is 1. The smallest absolute Gasteiger partial charge is 0.270 e. The summed E-state index contributed by atoms with van der Waals surface area (Å²) in [5.41, 5.74) is 7.10. The molecule has 1 aromatic carbocycles. The van der Waals surface area contributed by atoms with Crippen molar-refractivity contribution < 1.29 is 14.2 Å². The van der Waals surface area contributed by atoms with Gasteiger partial charge in [0.25, 0.3) is 5.69 Å². The van der Waals surface area contributed by atoms with Crippen molar-refractivity contribution in [1.29, 1.82) is 0 Å². The molecule has 8 nitrogen and oxygen atoms in total. The van der Waals surface area contributed by atoms with Crippen LogP contribution < -0.4 is 5.73 Å². The number of nitro benzene ring substituents is 1. The van der Waals surface area contributed by atoms with Crippen LogP contribution in [0.15, 0.2) is 22.7 Å². The minimum absolute atomic E-state index is 0.0295. The average Bonchev–Trinajstić information content (AvgIpc) is 2.88. The van der Waals surface area contributed by atoms with E-state index in [1.807, 2.05) is 6.92 Å². The van der Waals surface area contributed by atoms with Crippen molar-refractivity contribution in [1.82, 2.24) is 10.1 Å². The minimum Gasteiger partial charge on any atom is -0.383 e. The minimum atomic E-state index is -0.528. The van der Waals surface area contributed by atoms with Gasteiger partial charge >= 0.3 is 0 Å². The molecule has 1 unspecified atom stereocenters. The average molecular weight is 278 g/mol. The van der Waals surface area contributed by atoms with E-state index in [2.05, 4.69) is 10.1 Å². The van der Waals surface area contributed by atoms with E-state index < -0.39 is 11.0 Å². The number of methoxy groups -OCH3 is 1. The van der Waals surface area contributed by atoms with Crippen molar-refractivity contribution in [3.05, 3.63) is 39.8 Å². The molecule has 0 saturated carbocycles. The number of nitro groups is 1. The molecule has 0 aliphatic heterocycles. The molecule has 0 fully saturated rings. The fourth-order valence-electron chi connectivity index (χ4n) is 1.71. The number of aromatic nitrogens is 2. The Morgan fingerprint density at radius 3 is 2.95 bits per heavy atom. The first-order chi connectivity index (χ1) is 9.52. The van der Waals surface area contributed by atoms with E-state index in [-0.39, 0.29) is 24.0 Å². The van der Waals surface area contributed by atoms with Crippen molar-refractivity contribution in [2.24, 2.45) is 5.73 Å². The lowest BCUT2D eigenvalue weighted by molar-refractivity contribution is -0.384. The van der Waals surface area contributed by atoms with Gasteiger partial charge in [-0.1, -0.05) is 11.2 Å². The third-order valence-corrected chi connectivity index (χ3v) is 2.78. The maximum absolute atomic E-state index is 10.8. The molecule has 2 rings (SSSR count). The van der Waals surface area contributed by atoms with Crippen LogP contribution in [0.5, 0.6) is 0 Å². The molecule has 0 bridgehead atoms. The van der Waals surface area contributed by atoms with Crippen LogP contribution >= 0.6 is 0 Å². The molecule has 1 heterocycles. The second-order valence-corrected chi connectivity index (χ2v) is 4.27. The van der Waals surface area contributed by atoms with Gasteiger partial charge in [0.1, 0.15) is 6.04 Å². The highest BCUT2D eigenvalue weighted by Crippen LogP contribution is 2.26. The van der Waals surface area contributed by atoms with E-state index in [4.69, 9.17) is 15.0 Å². The van der Waals surface area contributed by atoms with E-state index in [1.54, 1.807) is 6.07 Å². The molecule has 20 heavy (non-hydrogen) atoms. The summed E-state index contributed by atoms with van der Waals surface area (Å²) in [7, 11) is 1.52. The zero-order chi connectivity index (χ0) is 14.7. The predicted octanol–water partition coefficient (Wildman–Crippen LogP) is 1.60. The molecule has 0 radical (unpaired) electrons. The standard InChI is InChI=1S/C12H14N4O4/c1-7-3-4-8(16(17)18)5-9(7)11-14-12(20-15-11)10(13)6-19-2/h3-5,10H,6,13H2,1-2H3. The third kappa shape index (κ3) is 2.81. The van der Waals surface area contributed by atoms with Gasteiger partial charge in [-0.2, -0.15) is 4.98 Å². The topological polar surface area (TPSA) is 117 Å². The number of rotatable bonds is 5. The fourth-order valence-corrected chi connectivity index (χ4v) is 1.71. The normalized spacial score (nSPS) is 12.3. The van der Waals surface area contributed by atoms with Crippen LogP contribution in [0.25, 0.3) is 11.4 Å². The molecule has 8 heteroatoms. The Hall–Kier alpha value is -2.32. The van der Waals surface area contributed by atoms with Gasteiger partial charge in [-0.15, -0.1) is 0 Å². The summed E-state index contributed by atoms with van der Waals surface area (Å²) in [5, 5.41) is 14.6. The molecular formula is C12H14N4O4. The summed E-state index contributed by atoms with van der Waals surface area (Å²) >= 11 is 0. The lowest BCUT2D eigenvalue weighted by Crippen LogP contribution is -2.16. The zero-order valence-corrected chi connectivity index (χ0v) is 11.1. The number of hydrogen-bond acceptors (Lipinski definition) is 7. The number of nitrogens with two attached hydrogens (primary N) is 1. The van der Waals surface area contributed by atoms with Crippen LogP contribution in [-0.4, -0.2) is 28.8 Å².